The van der Waals surface area contributed by atoms with Crippen molar-refractivity contribution in [1.29, 1.82) is 0 Å². The van der Waals surface area contributed by atoms with Crippen LogP contribution in [-0.2, 0) is 9.53 Å². The summed E-state index contributed by atoms with van der Waals surface area (Å²) in [4.78, 5) is 11.5. The number of benzene rings is 1. The van der Waals surface area contributed by atoms with Gasteiger partial charge in [-0.1, -0.05) is 42.5 Å². The maximum absolute atomic E-state index is 11.5. The Morgan fingerprint density at radius 2 is 2.12 bits per heavy atom. The molecule has 0 amide bonds. The fraction of sp³-hybridized carbons (Fsp3) is 0.267. The average Bonchev–Trinajstić information content (AvgIpc) is 2.60. The zero-order chi connectivity index (χ0) is 11.7. The molecule has 86 valence electrons. The van der Waals surface area contributed by atoms with Crippen molar-refractivity contribution >= 4 is 17.6 Å². The summed E-state index contributed by atoms with van der Waals surface area (Å²) >= 11 is 0. The minimum atomic E-state index is -0.107. The van der Waals surface area contributed by atoms with Gasteiger partial charge in [-0.3, -0.25) is 4.79 Å². The SMILES string of the molecule is O=C1CCC=C2c3ccccc3C=CCC2O1. The molecular weight excluding hydrogens is 212 g/mol. The van der Waals surface area contributed by atoms with Crippen molar-refractivity contribution in [3.8, 4) is 0 Å². The molecule has 1 atom stereocenters. The summed E-state index contributed by atoms with van der Waals surface area (Å²) in [6, 6.07) is 8.26. The lowest BCUT2D eigenvalue weighted by Gasteiger charge is -2.17. The van der Waals surface area contributed by atoms with Crippen LogP contribution in [0.1, 0.15) is 30.4 Å². The third kappa shape index (κ3) is 1.91. The third-order valence-electron chi connectivity index (χ3n) is 3.25. The van der Waals surface area contributed by atoms with Crippen LogP contribution in [0.2, 0.25) is 0 Å². The fourth-order valence-corrected chi connectivity index (χ4v) is 2.44. The number of ether oxygens (including phenoxy) is 1. The molecule has 1 heterocycles. The summed E-state index contributed by atoms with van der Waals surface area (Å²) in [5.74, 6) is -0.0889. The molecule has 1 aromatic carbocycles. The van der Waals surface area contributed by atoms with Crippen LogP contribution in [0, 0.1) is 0 Å². The third-order valence-corrected chi connectivity index (χ3v) is 3.25. The quantitative estimate of drug-likeness (QED) is 0.635. The monoisotopic (exact) mass is 226 g/mol. The number of esters is 1. The van der Waals surface area contributed by atoms with Gasteiger partial charge >= 0.3 is 5.97 Å². The smallest absolute Gasteiger partial charge is 0.306 e. The van der Waals surface area contributed by atoms with Crippen molar-refractivity contribution in [3.05, 3.63) is 47.5 Å². The van der Waals surface area contributed by atoms with Gasteiger partial charge in [0.1, 0.15) is 6.10 Å². The summed E-state index contributed by atoms with van der Waals surface area (Å²) in [5, 5.41) is 0. The number of rotatable bonds is 0. The molecule has 0 N–H and O–H groups in total. The van der Waals surface area contributed by atoms with E-state index in [2.05, 4.69) is 30.4 Å². The first-order chi connectivity index (χ1) is 8.34. The Morgan fingerprint density at radius 3 is 3.06 bits per heavy atom. The number of fused-ring (bicyclic) bond motifs is 3. The van der Waals surface area contributed by atoms with Gasteiger partial charge in [0.05, 0.1) is 0 Å². The first-order valence-electron chi connectivity index (χ1n) is 6.00. The van der Waals surface area contributed by atoms with E-state index in [4.69, 9.17) is 4.74 Å². The largest absolute Gasteiger partial charge is 0.457 e. The fourth-order valence-electron chi connectivity index (χ4n) is 2.44. The summed E-state index contributed by atoms with van der Waals surface area (Å²) in [7, 11) is 0. The van der Waals surface area contributed by atoms with Crippen molar-refractivity contribution in [1.82, 2.24) is 0 Å². The Hall–Kier alpha value is -1.83. The lowest BCUT2D eigenvalue weighted by atomic mass is 9.96. The van der Waals surface area contributed by atoms with Crippen molar-refractivity contribution in [2.24, 2.45) is 0 Å². The highest BCUT2D eigenvalue weighted by Gasteiger charge is 2.24. The number of hydrogen-bond donors (Lipinski definition) is 0. The molecule has 0 fully saturated rings. The molecule has 0 aromatic heterocycles. The Morgan fingerprint density at radius 1 is 1.24 bits per heavy atom. The maximum atomic E-state index is 11.5. The highest BCUT2D eigenvalue weighted by atomic mass is 16.5. The number of allylic oxidation sites excluding steroid dienone is 1. The predicted molar refractivity (Wildman–Crippen MR) is 67.2 cm³/mol. The van der Waals surface area contributed by atoms with E-state index in [9.17, 15) is 4.79 Å². The Balaban J connectivity index is 2.10. The Labute approximate surface area is 101 Å². The Bertz CT molecular complexity index is 511. The molecule has 0 saturated heterocycles. The molecule has 0 radical (unpaired) electrons. The summed E-state index contributed by atoms with van der Waals surface area (Å²) in [6.45, 7) is 0. The lowest BCUT2D eigenvalue weighted by molar-refractivity contribution is -0.145. The standard InChI is InChI=1S/C15H14O2/c16-15-10-4-8-13-12-7-2-1-5-11(12)6-3-9-14(13)17-15/h1-3,5-8,14H,4,9-10H2. The molecule has 1 aliphatic carbocycles. The van der Waals surface area contributed by atoms with Crippen molar-refractivity contribution < 1.29 is 9.53 Å². The first-order valence-corrected chi connectivity index (χ1v) is 6.00. The van der Waals surface area contributed by atoms with E-state index in [1.54, 1.807) is 0 Å². The van der Waals surface area contributed by atoms with E-state index < -0.39 is 0 Å². The molecule has 1 aliphatic heterocycles. The Kier molecular flexibility index (Phi) is 2.56. The second-order valence-electron chi connectivity index (χ2n) is 4.40. The first kappa shape index (κ1) is 10.3. The molecule has 3 rings (SSSR count). The van der Waals surface area contributed by atoms with Gasteiger partial charge in [-0.2, -0.15) is 0 Å². The van der Waals surface area contributed by atoms with E-state index in [1.165, 1.54) is 11.1 Å². The van der Waals surface area contributed by atoms with Gasteiger partial charge in [0, 0.05) is 12.8 Å². The molecular formula is C15H14O2. The molecule has 17 heavy (non-hydrogen) atoms. The van der Waals surface area contributed by atoms with E-state index >= 15 is 0 Å². The van der Waals surface area contributed by atoms with E-state index in [0.29, 0.717) is 6.42 Å². The van der Waals surface area contributed by atoms with Crippen LogP contribution in [0.5, 0.6) is 0 Å². The minimum Gasteiger partial charge on any atom is -0.457 e. The minimum absolute atomic E-state index is 0.0889. The van der Waals surface area contributed by atoms with Gasteiger partial charge < -0.3 is 4.74 Å². The second-order valence-corrected chi connectivity index (χ2v) is 4.40. The molecule has 0 spiro atoms. The summed E-state index contributed by atoms with van der Waals surface area (Å²) < 4.78 is 5.49. The molecule has 0 saturated carbocycles. The van der Waals surface area contributed by atoms with Crippen LogP contribution in [0.15, 0.2) is 36.4 Å². The van der Waals surface area contributed by atoms with Crippen LogP contribution in [0.4, 0.5) is 0 Å². The van der Waals surface area contributed by atoms with Crippen LogP contribution in [0.25, 0.3) is 11.6 Å². The highest BCUT2D eigenvalue weighted by Crippen LogP contribution is 2.32. The number of hydrogen-bond acceptors (Lipinski definition) is 2. The van der Waals surface area contributed by atoms with E-state index in [1.807, 2.05) is 12.1 Å². The number of carbonyl (C=O) groups excluding carboxylic acids is 1. The molecule has 2 nitrogen and oxygen atoms in total. The normalized spacial score (nSPS) is 22.7. The van der Waals surface area contributed by atoms with Gasteiger partial charge in [0.25, 0.3) is 0 Å². The molecule has 2 heteroatoms. The van der Waals surface area contributed by atoms with Crippen molar-refractivity contribution in [2.45, 2.75) is 25.4 Å². The molecule has 2 aliphatic rings. The van der Waals surface area contributed by atoms with Gasteiger partial charge in [-0.05, 0) is 23.1 Å². The number of carbonyl (C=O) groups is 1. The van der Waals surface area contributed by atoms with Crippen LogP contribution >= 0.6 is 0 Å². The second kappa shape index (κ2) is 4.21. The van der Waals surface area contributed by atoms with Gasteiger partial charge in [0.2, 0.25) is 0 Å². The summed E-state index contributed by atoms with van der Waals surface area (Å²) in [6.07, 6.45) is 8.28. The van der Waals surface area contributed by atoms with Crippen LogP contribution in [0.3, 0.4) is 0 Å². The average molecular weight is 226 g/mol. The van der Waals surface area contributed by atoms with E-state index in [-0.39, 0.29) is 12.1 Å². The van der Waals surface area contributed by atoms with Crippen molar-refractivity contribution in [3.63, 3.8) is 0 Å². The lowest BCUT2D eigenvalue weighted by Crippen LogP contribution is -2.16. The van der Waals surface area contributed by atoms with Gasteiger partial charge in [-0.25, -0.2) is 0 Å². The predicted octanol–water partition coefficient (Wildman–Crippen LogP) is 3.19. The van der Waals surface area contributed by atoms with Crippen molar-refractivity contribution in [2.75, 3.05) is 0 Å². The van der Waals surface area contributed by atoms with Crippen LogP contribution < -0.4 is 0 Å². The van der Waals surface area contributed by atoms with Gasteiger partial charge in [-0.15, -0.1) is 0 Å². The highest BCUT2D eigenvalue weighted by molar-refractivity contribution is 5.82. The zero-order valence-electron chi connectivity index (χ0n) is 9.56. The summed E-state index contributed by atoms with van der Waals surface area (Å²) in [5.41, 5.74) is 3.57. The molecule has 1 aromatic rings. The van der Waals surface area contributed by atoms with Crippen LogP contribution in [-0.4, -0.2) is 12.1 Å². The topological polar surface area (TPSA) is 26.3 Å². The molecule has 1 unspecified atom stereocenters. The van der Waals surface area contributed by atoms with E-state index in [0.717, 1.165) is 18.4 Å². The maximum Gasteiger partial charge on any atom is 0.306 e. The molecule has 0 bridgehead atoms. The van der Waals surface area contributed by atoms with Gasteiger partial charge in [0.15, 0.2) is 0 Å². The zero-order valence-corrected chi connectivity index (χ0v) is 9.56.